The lowest BCUT2D eigenvalue weighted by Gasteiger charge is -2.18. The third-order valence-electron chi connectivity index (χ3n) is 5.55. The summed E-state index contributed by atoms with van der Waals surface area (Å²) in [6, 6.07) is 12.5. The van der Waals surface area contributed by atoms with Gasteiger partial charge in [0.1, 0.15) is 0 Å². The molecule has 1 heterocycles. The Morgan fingerprint density at radius 2 is 1.82 bits per heavy atom. The highest BCUT2D eigenvalue weighted by molar-refractivity contribution is 6.05. The van der Waals surface area contributed by atoms with Crippen molar-refractivity contribution in [3.63, 3.8) is 0 Å². The van der Waals surface area contributed by atoms with Crippen LogP contribution in [0, 0.1) is 5.92 Å². The zero-order valence-electron chi connectivity index (χ0n) is 19.5. The molecule has 8 nitrogen and oxygen atoms in total. The Hall–Kier alpha value is -3.55. The van der Waals surface area contributed by atoms with E-state index in [0.29, 0.717) is 42.3 Å². The zero-order valence-corrected chi connectivity index (χ0v) is 19.5. The Labute approximate surface area is 194 Å². The predicted octanol–water partition coefficient (Wildman–Crippen LogP) is 2.87. The summed E-state index contributed by atoms with van der Waals surface area (Å²) in [6.45, 7) is 4.60. The van der Waals surface area contributed by atoms with Gasteiger partial charge in [0, 0.05) is 25.6 Å². The van der Waals surface area contributed by atoms with E-state index in [4.69, 9.17) is 9.47 Å². The smallest absolute Gasteiger partial charge is 0.253 e. The van der Waals surface area contributed by atoms with Gasteiger partial charge in [-0.25, -0.2) is 0 Å². The number of hydrogen-bond acceptors (Lipinski definition) is 5. The Bertz CT molecular complexity index is 1020. The second-order valence-corrected chi connectivity index (χ2v) is 8.34. The van der Waals surface area contributed by atoms with Gasteiger partial charge in [-0.15, -0.1) is 0 Å². The lowest BCUT2D eigenvalue weighted by atomic mass is 10.1. The number of nitrogens with zero attached hydrogens (tertiary/aromatic N) is 1. The Morgan fingerprint density at radius 3 is 2.52 bits per heavy atom. The minimum atomic E-state index is -0.468. The molecule has 0 aliphatic carbocycles. The lowest BCUT2D eigenvalue weighted by molar-refractivity contribution is -0.128. The molecule has 3 amide bonds. The molecule has 0 radical (unpaired) electrons. The number of methoxy groups -OCH3 is 2. The molecule has 2 N–H and O–H groups in total. The van der Waals surface area contributed by atoms with Crippen LogP contribution in [0.5, 0.6) is 11.5 Å². The highest BCUT2D eigenvalue weighted by atomic mass is 16.5. The molecule has 3 rings (SSSR count). The van der Waals surface area contributed by atoms with Gasteiger partial charge in [0.2, 0.25) is 11.8 Å². The number of anilines is 1. The van der Waals surface area contributed by atoms with E-state index in [9.17, 15) is 14.4 Å². The highest BCUT2D eigenvalue weighted by Crippen LogP contribution is 2.28. The summed E-state index contributed by atoms with van der Waals surface area (Å²) in [7, 11) is 3.17. The molecule has 2 aromatic rings. The number of benzene rings is 2. The summed E-state index contributed by atoms with van der Waals surface area (Å²) in [4.78, 5) is 39.6. The fraction of sp³-hybridized carbons (Fsp3) is 0.400. The highest BCUT2D eigenvalue weighted by Gasteiger charge is 2.34. The molecule has 0 spiro atoms. The second-order valence-electron chi connectivity index (χ2n) is 8.34. The predicted molar refractivity (Wildman–Crippen MR) is 126 cm³/mol. The van der Waals surface area contributed by atoms with Crippen LogP contribution in [-0.2, 0) is 16.0 Å². The van der Waals surface area contributed by atoms with Crippen molar-refractivity contribution in [2.24, 2.45) is 5.92 Å². The van der Waals surface area contributed by atoms with Gasteiger partial charge in [-0.1, -0.05) is 18.2 Å². The van der Waals surface area contributed by atoms with Crippen molar-refractivity contribution in [2.75, 3.05) is 32.6 Å². The molecule has 2 aromatic carbocycles. The summed E-state index contributed by atoms with van der Waals surface area (Å²) in [5, 5.41) is 5.67. The van der Waals surface area contributed by atoms with Crippen molar-refractivity contribution in [1.82, 2.24) is 10.2 Å². The van der Waals surface area contributed by atoms with Crippen molar-refractivity contribution < 1.29 is 23.9 Å². The Balaban J connectivity index is 1.60. The molecule has 33 heavy (non-hydrogen) atoms. The largest absolute Gasteiger partial charge is 0.493 e. The molecule has 0 aromatic heterocycles. The fourth-order valence-corrected chi connectivity index (χ4v) is 3.83. The number of rotatable bonds is 9. The van der Waals surface area contributed by atoms with Crippen molar-refractivity contribution in [1.29, 1.82) is 0 Å². The fourth-order valence-electron chi connectivity index (χ4n) is 3.83. The molecule has 0 saturated carbocycles. The van der Waals surface area contributed by atoms with Gasteiger partial charge in [0.25, 0.3) is 5.91 Å². The first-order chi connectivity index (χ1) is 15.8. The molecular weight excluding hydrogens is 422 g/mol. The number of para-hydroxylation sites is 1. The van der Waals surface area contributed by atoms with Gasteiger partial charge < -0.3 is 25.0 Å². The van der Waals surface area contributed by atoms with Gasteiger partial charge >= 0.3 is 0 Å². The number of carbonyl (C=O) groups excluding carboxylic acids is 3. The maximum Gasteiger partial charge on any atom is 0.253 e. The number of amides is 3. The number of carbonyl (C=O) groups is 3. The Morgan fingerprint density at radius 1 is 1.09 bits per heavy atom. The van der Waals surface area contributed by atoms with Crippen LogP contribution in [0.3, 0.4) is 0 Å². The number of nitrogens with one attached hydrogen (secondary N) is 2. The first kappa shape index (κ1) is 24.1. The maximum absolute atomic E-state index is 12.9. The maximum atomic E-state index is 12.9. The van der Waals surface area contributed by atoms with E-state index >= 15 is 0 Å². The van der Waals surface area contributed by atoms with Crippen LogP contribution < -0.4 is 20.1 Å². The average molecular weight is 454 g/mol. The first-order valence-electron chi connectivity index (χ1n) is 11.0. The monoisotopic (exact) mass is 453 g/mol. The molecule has 1 aliphatic heterocycles. The summed E-state index contributed by atoms with van der Waals surface area (Å²) in [5.41, 5.74) is 1.85. The van der Waals surface area contributed by atoms with Crippen LogP contribution >= 0.6 is 0 Å². The second kappa shape index (κ2) is 10.8. The summed E-state index contributed by atoms with van der Waals surface area (Å²) < 4.78 is 10.6. The molecule has 8 heteroatoms. The van der Waals surface area contributed by atoms with Gasteiger partial charge in [-0.05, 0) is 50.1 Å². The van der Waals surface area contributed by atoms with E-state index in [1.54, 1.807) is 43.4 Å². The van der Waals surface area contributed by atoms with Gasteiger partial charge in [0.05, 0.1) is 31.4 Å². The topological polar surface area (TPSA) is 97.0 Å². The molecule has 0 bridgehead atoms. The van der Waals surface area contributed by atoms with Gasteiger partial charge in [-0.3, -0.25) is 14.4 Å². The number of ether oxygens (including phenoxy) is 2. The molecule has 1 aliphatic rings. The van der Waals surface area contributed by atoms with Crippen LogP contribution in [0.2, 0.25) is 0 Å². The van der Waals surface area contributed by atoms with E-state index < -0.39 is 5.92 Å². The molecule has 1 fully saturated rings. The van der Waals surface area contributed by atoms with Gasteiger partial charge in [-0.2, -0.15) is 0 Å². The van der Waals surface area contributed by atoms with E-state index in [-0.39, 0.29) is 30.2 Å². The van der Waals surface area contributed by atoms with Crippen molar-refractivity contribution in [3.8, 4) is 11.5 Å². The van der Waals surface area contributed by atoms with E-state index in [1.807, 2.05) is 32.0 Å². The van der Waals surface area contributed by atoms with E-state index in [2.05, 4.69) is 10.6 Å². The lowest BCUT2D eigenvalue weighted by Crippen LogP contribution is -2.32. The summed E-state index contributed by atoms with van der Waals surface area (Å²) >= 11 is 0. The van der Waals surface area contributed by atoms with Crippen LogP contribution in [-0.4, -0.2) is 56.0 Å². The van der Waals surface area contributed by atoms with E-state index in [0.717, 1.165) is 5.56 Å². The average Bonchev–Trinajstić information content (AvgIpc) is 3.18. The minimum absolute atomic E-state index is 0.0204. The quantitative estimate of drug-likeness (QED) is 0.609. The SMILES string of the molecule is COc1ccc(CCN2CC(C(=O)Nc3ccccc3C(=O)NC(C)C)CC2=O)cc1OC. The summed E-state index contributed by atoms with van der Waals surface area (Å²) in [6.07, 6.45) is 0.788. The number of hydrogen-bond donors (Lipinski definition) is 2. The minimum Gasteiger partial charge on any atom is -0.493 e. The van der Waals surface area contributed by atoms with Crippen LogP contribution in [0.4, 0.5) is 5.69 Å². The third-order valence-corrected chi connectivity index (χ3v) is 5.55. The molecular formula is C25H31N3O5. The molecule has 1 atom stereocenters. The summed E-state index contributed by atoms with van der Waals surface area (Å²) in [5.74, 6) is 0.255. The van der Waals surface area contributed by atoms with Crippen molar-refractivity contribution in [3.05, 3.63) is 53.6 Å². The van der Waals surface area contributed by atoms with Crippen molar-refractivity contribution >= 4 is 23.4 Å². The van der Waals surface area contributed by atoms with Crippen molar-refractivity contribution in [2.45, 2.75) is 32.7 Å². The molecule has 1 saturated heterocycles. The standard InChI is InChI=1S/C25H31N3O5/c1-16(2)26-25(31)19-7-5-6-8-20(19)27-24(30)18-14-23(29)28(15-18)12-11-17-9-10-21(32-3)22(13-17)33-4/h5-10,13,16,18H,11-12,14-15H2,1-4H3,(H,26,31)(H,27,30). The molecule has 1 unspecified atom stereocenters. The zero-order chi connectivity index (χ0) is 24.0. The normalized spacial score (nSPS) is 15.5. The molecule has 176 valence electrons. The van der Waals surface area contributed by atoms with Crippen LogP contribution in [0.15, 0.2) is 42.5 Å². The third kappa shape index (κ3) is 6.03. The number of likely N-dealkylation sites (tertiary alicyclic amines) is 1. The van der Waals surface area contributed by atoms with E-state index in [1.165, 1.54) is 0 Å². The Kier molecular flexibility index (Phi) is 7.92. The van der Waals surface area contributed by atoms with Crippen LogP contribution in [0.25, 0.3) is 0 Å². The van der Waals surface area contributed by atoms with Crippen LogP contribution in [0.1, 0.15) is 36.2 Å². The first-order valence-corrected chi connectivity index (χ1v) is 11.0. The van der Waals surface area contributed by atoms with Gasteiger partial charge in [0.15, 0.2) is 11.5 Å².